The molecule has 1 aliphatic rings. The Morgan fingerprint density at radius 2 is 1.79 bits per heavy atom. The van der Waals surface area contributed by atoms with Gasteiger partial charge in [0.05, 0.1) is 28.2 Å². The normalized spacial score (nSPS) is 16.5. The van der Waals surface area contributed by atoms with Crippen molar-refractivity contribution >= 4 is 16.0 Å². The molecule has 5 aromatic rings. The van der Waals surface area contributed by atoms with Gasteiger partial charge in [0.2, 0.25) is 10.0 Å². The molecule has 0 radical (unpaired) electrons. The average Bonchev–Trinajstić information content (AvgIpc) is 3.42. The lowest BCUT2D eigenvalue weighted by Gasteiger charge is -2.18. The summed E-state index contributed by atoms with van der Waals surface area (Å²) in [5, 5.41) is 22.5. The molecule has 0 aliphatic heterocycles. The molecule has 42 heavy (non-hydrogen) atoms. The number of para-hydroxylation sites is 1. The Hall–Kier alpha value is -4.81. The Morgan fingerprint density at radius 1 is 1.02 bits per heavy atom. The Kier molecular flexibility index (Phi) is 7.09. The molecule has 2 aromatic heterocycles. The van der Waals surface area contributed by atoms with Crippen molar-refractivity contribution in [2.45, 2.75) is 29.7 Å². The topological polar surface area (TPSA) is 132 Å². The minimum atomic E-state index is -3.85. The number of aromatic carboxylic acids is 1. The van der Waals surface area contributed by atoms with E-state index in [1.807, 2.05) is 42.6 Å². The molecule has 0 bridgehead atoms. The van der Waals surface area contributed by atoms with Crippen LogP contribution in [0.4, 0.5) is 0 Å². The standard InChI is InChI=1S/C30H28N6O5S/c1-34-19-28(32-33-34)25-16-26(25)29-27(30(37)38)17-31-36(29)21-9-6-8-20(14-21)18-35(2)42(39,40)24-13-7-12-23(15-24)41-22-10-4-3-5-11-22/h3-15,17,19,25-26H,16,18H2,1-2H3,(H,37,38)/t25-,26-/m1/s1. The van der Waals surface area contributed by atoms with Gasteiger partial charge in [-0.05, 0) is 48.4 Å². The van der Waals surface area contributed by atoms with E-state index in [0.717, 1.165) is 17.7 Å². The monoisotopic (exact) mass is 584 g/mol. The number of carbonyl (C=O) groups is 1. The summed E-state index contributed by atoms with van der Waals surface area (Å²) >= 11 is 0. The predicted molar refractivity (Wildman–Crippen MR) is 153 cm³/mol. The minimum Gasteiger partial charge on any atom is -0.478 e. The van der Waals surface area contributed by atoms with E-state index < -0.39 is 16.0 Å². The largest absolute Gasteiger partial charge is 0.478 e. The first-order chi connectivity index (χ1) is 20.2. The second kappa shape index (κ2) is 10.9. The summed E-state index contributed by atoms with van der Waals surface area (Å²) in [7, 11) is -0.537. The fraction of sp³-hybridized carbons (Fsp3) is 0.200. The lowest BCUT2D eigenvalue weighted by atomic mass is 10.1. The van der Waals surface area contributed by atoms with Crippen molar-refractivity contribution in [2.24, 2.45) is 7.05 Å². The molecule has 1 aliphatic carbocycles. The number of aryl methyl sites for hydroxylation is 1. The summed E-state index contributed by atoms with van der Waals surface area (Å²) < 4.78 is 37.3. The number of nitrogens with zero attached hydrogens (tertiary/aromatic N) is 6. The zero-order valence-electron chi connectivity index (χ0n) is 22.9. The third kappa shape index (κ3) is 5.41. The number of hydrogen-bond acceptors (Lipinski definition) is 7. The molecule has 2 heterocycles. The van der Waals surface area contributed by atoms with Crippen molar-refractivity contribution in [1.82, 2.24) is 29.1 Å². The summed E-state index contributed by atoms with van der Waals surface area (Å²) in [4.78, 5) is 12.2. The smallest absolute Gasteiger partial charge is 0.339 e. The van der Waals surface area contributed by atoms with Gasteiger partial charge in [-0.15, -0.1) is 5.10 Å². The minimum absolute atomic E-state index is 0.0494. The Morgan fingerprint density at radius 3 is 2.52 bits per heavy atom. The summed E-state index contributed by atoms with van der Waals surface area (Å²) in [6, 6.07) is 22.8. The Balaban J connectivity index is 1.24. The highest BCUT2D eigenvalue weighted by Gasteiger charge is 2.46. The summed E-state index contributed by atoms with van der Waals surface area (Å²) in [5.41, 5.74) is 2.89. The molecule has 214 valence electrons. The number of sulfonamides is 1. The van der Waals surface area contributed by atoms with Crippen LogP contribution in [0.1, 0.15) is 45.6 Å². The third-order valence-electron chi connectivity index (χ3n) is 7.23. The number of aromatic nitrogens is 5. The molecule has 1 saturated carbocycles. The van der Waals surface area contributed by atoms with Crippen molar-refractivity contribution < 1.29 is 23.1 Å². The molecular weight excluding hydrogens is 556 g/mol. The van der Waals surface area contributed by atoms with Crippen molar-refractivity contribution in [2.75, 3.05) is 7.05 Å². The molecular formula is C30H28N6O5S. The first kappa shape index (κ1) is 27.4. The number of hydrogen-bond donors (Lipinski definition) is 1. The van der Waals surface area contributed by atoms with Crippen LogP contribution in [0.5, 0.6) is 11.5 Å². The van der Waals surface area contributed by atoms with Crippen LogP contribution in [-0.2, 0) is 23.6 Å². The Labute approximate surface area is 242 Å². The highest BCUT2D eigenvalue weighted by molar-refractivity contribution is 7.89. The highest BCUT2D eigenvalue weighted by Crippen LogP contribution is 2.55. The maximum absolute atomic E-state index is 13.5. The molecule has 3 aromatic carbocycles. The third-order valence-corrected chi connectivity index (χ3v) is 9.03. The zero-order valence-corrected chi connectivity index (χ0v) is 23.7. The zero-order chi connectivity index (χ0) is 29.4. The van der Waals surface area contributed by atoms with Gasteiger partial charge in [0, 0.05) is 44.7 Å². The van der Waals surface area contributed by atoms with Gasteiger partial charge < -0.3 is 9.84 Å². The van der Waals surface area contributed by atoms with Crippen molar-refractivity contribution in [3.05, 3.63) is 114 Å². The number of rotatable bonds is 10. The van der Waals surface area contributed by atoms with Gasteiger partial charge in [-0.25, -0.2) is 17.9 Å². The lowest BCUT2D eigenvalue weighted by Crippen LogP contribution is -2.26. The van der Waals surface area contributed by atoms with Gasteiger partial charge in [-0.2, -0.15) is 9.40 Å². The van der Waals surface area contributed by atoms with E-state index in [-0.39, 0.29) is 28.8 Å². The van der Waals surface area contributed by atoms with Crippen molar-refractivity contribution in [3.8, 4) is 17.2 Å². The summed E-state index contributed by atoms with van der Waals surface area (Å²) in [5.74, 6) is -0.0595. The fourth-order valence-electron chi connectivity index (χ4n) is 5.08. The summed E-state index contributed by atoms with van der Waals surface area (Å²) in [6.45, 7) is 0.0913. The second-order valence-electron chi connectivity index (χ2n) is 10.2. The lowest BCUT2D eigenvalue weighted by molar-refractivity contribution is 0.0695. The molecule has 0 saturated heterocycles. The van der Waals surface area contributed by atoms with Crippen LogP contribution < -0.4 is 4.74 Å². The van der Waals surface area contributed by atoms with E-state index in [4.69, 9.17) is 4.74 Å². The SMILES string of the molecule is CN(Cc1cccc(-n2ncc(C(=O)O)c2[C@@H]2C[C@H]2c2cn(C)nn2)c1)S(=O)(=O)c1cccc(Oc2ccccc2)c1. The molecule has 1 N–H and O–H groups in total. The van der Waals surface area contributed by atoms with Crippen LogP contribution in [0, 0.1) is 0 Å². The van der Waals surface area contributed by atoms with Gasteiger partial charge in [0.1, 0.15) is 17.1 Å². The number of benzene rings is 3. The van der Waals surface area contributed by atoms with E-state index in [2.05, 4.69) is 15.4 Å². The van der Waals surface area contributed by atoms with Crippen LogP contribution in [0.3, 0.4) is 0 Å². The highest BCUT2D eigenvalue weighted by atomic mass is 32.2. The maximum atomic E-state index is 13.5. The molecule has 11 nitrogen and oxygen atoms in total. The van der Waals surface area contributed by atoms with Crippen LogP contribution in [-0.4, -0.2) is 55.6 Å². The van der Waals surface area contributed by atoms with Gasteiger partial charge in [0.15, 0.2) is 0 Å². The first-order valence-corrected chi connectivity index (χ1v) is 14.7. The van der Waals surface area contributed by atoms with Crippen molar-refractivity contribution in [1.29, 1.82) is 0 Å². The quantitative estimate of drug-likeness (QED) is 0.252. The van der Waals surface area contributed by atoms with Gasteiger partial charge in [-0.3, -0.25) is 4.68 Å². The van der Waals surface area contributed by atoms with Gasteiger partial charge in [0.25, 0.3) is 0 Å². The maximum Gasteiger partial charge on any atom is 0.339 e. The molecule has 6 rings (SSSR count). The van der Waals surface area contributed by atoms with E-state index in [1.165, 1.54) is 29.7 Å². The van der Waals surface area contributed by atoms with Gasteiger partial charge >= 0.3 is 5.97 Å². The van der Waals surface area contributed by atoms with Crippen LogP contribution in [0.15, 0.2) is 96.2 Å². The predicted octanol–water partition coefficient (Wildman–Crippen LogP) is 4.58. The number of carboxylic acids is 1. The van der Waals surface area contributed by atoms with E-state index in [1.54, 1.807) is 46.7 Å². The first-order valence-electron chi connectivity index (χ1n) is 13.3. The van der Waals surface area contributed by atoms with E-state index in [9.17, 15) is 18.3 Å². The molecule has 12 heteroatoms. The molecule has 0 amide bonds. The van der Waals surface area contributed by atoms with Crippen LogP contribution in [0.25, 0.3) is 5.69 Å². The van der Waals surface area contributed by atoms with Crippen molar-refractivity contribution in [3.63, 3.8) is 0 Å². The number of ether oxygens (including phenoxy) is 1. The van der Waals surface area contributed by atoms with Crippen LogP contribution >= 0.6 is 0 Å². The van der Waals surface area contributed by atoms with E-state index >= 15 is 0 Å². The van der Waals surface area contributed by atoms with Gasteiger partial charge in [-0.1, -0.05) is 41.6 Å². The molecule has 1 fully saturated rings. The van der Waals surface area contributed by atoms with Crippen LogP contribution in [0.2, 0.25) is 0 Å². The molecule has 0 unspecified atom stereocenters. The fourth-order valence-corrected chi connectivity index (χ4v) is 6.27. The molecule has 2 atom stereocenters. The average molecular weight is 585 g/mol. The number of carboxylic acid groups (broad SMARTS) is 1. The Bertz CT molecular complexity index is 1870. The summed E-state index contributed by atoms with van der Waals surface area (Å²) in [6.07, 6.45) is 3.93. The second-order valence-corrected chi connectivity index (χ2v) is 12.3. The molecule has 0 spiro atoms. The van der Waals surface area contributed by atoms with E-state index in [0.29, 0.717) is 22.9 Å².